The molecule has 1 aliphatic carbocycles. The second kappa shape index (κ2) is 21.9. The number of ether oxygens (including phenoxy) is 2. The highest BCUT2D eigenvalue weighted by molar-refractivity contribution is 7.45. The molecule has 3 saturated heterocycles. The maximum absolute atomic E-state index is 13.0. The Morgan fingerprint density at radius 2 is 1.43 bits per heavy atom. The van der Waals surface area contributed by atoms with Gasteiger partial charge in [-0.2, -0.15) is 0 Å². The van der Waals surface area contributed by atoms with E-state index in [2.05, 4.69) is 32.1 Å². The summed E-state index contributed by atoms with van der Waals surface area (Å²) in [5, 5.41) is 0. The van der Waals surface area contributed by atoms with Crippen LogP contribution in [0.15, 0.2) is 54.3 Å². The van der Waals surface area contributed by atoms with Crippen molar-refractivity contribution in [1.29, 1.82) is 0 Å². The van der Waals surface area contributed by atoms with Crippen LogP contribution in [0.25, 0.3) is 0 Å². The molecule has 3 atom stereocenters. The topological polar surface area (TPSA) is 77.1 Å². The normalized spacial score (nSPS) is 25.3. The smallest absolute Gasteiger partial charge is 0.267 e. The molecular weight excluding hydrogens is 633 g/mol. The fraction of sp³-hybridized carbons (Fsp3) is 0.756. The van der Waals surface area contributed by atoms with Gasteiger partial charge in [-0.15, -0.1) is 0 Å². The molecule has 0 aromatic heterocycles. The summed E-state index contributed by atoms with van der Waals surface area (Å²) >= 11 is 0. The highest BCUT2D eigenvalue weighted by Crippen LogP contribution is 2.46. The van der Waals surface area contributed by atoms with Crippen LogP contribution in [0.1, 0.15) is 135 Å². The van der Waals surface area contributed by atoms with Crippen molar-refractivity contribution in [3.63, 3.8) is 0 Å². The van der Waals surface area contributed by atoms with Crippen molar-refractivity contribution >= 4 is 7.82 Å². The van der Waals surface area contributed by atoms with Gasteiger partial charge in [0.15, 0.2) is 0 Å². The second-order valence-corrected chi connectivity index (χ2v) is 16.9. The number of phosphoric acid groups is 1. The highest BCUT2D eigenvalue weighted by Gasteiger charge is 2.45. The number of fused-ring (bicyclic) bond motifs is 3. The number of hydrogen-bond donors (Lipinski definition) is 0. The summed E-state index contributed by atoms with van der Waals surface area (Å²) in [6.07, 6.45) is 29.1. The second-order valence-electron chi connectivity index (χ2n) is 15.5. The molecule has 0 N–H and O–H groups in total. The van der Waals surface area contributed by atoms with Crippen molar-refractivity contribution in [2.45, 2.75) is 142 Å². The molecule has 1 aromatic rings. The minimum atomic E-state index is -4.54. The SMILES string of the molecule is CCCCCCCCCCCCCCCCOCC(COP(=O)([O-])OCC1(C)C=CC=C([N+]23CCC(CC2)CC3)C1)OCc1ccccc1. The number of phosphoric ester groups is 1. The molecule has 3 heterocycles. The monoisotopic (exact) mass is 701 g/mol. The highest BCUT2D eigenvalue weighted by atomic mass is 31.2. The van der Waals surface area contributed by atoms with Crippen LogP contribution < -0.4 is 4.89 Å². The predicted molar refractivity (Wildman–Crippen MR) is 198 cm³/mol. The minimum Gasteiger partial charge on any atom is -0.756 e. The molecule has 49 heavy (non-hydrogen) atoms. The number of rotatable bonds is 27. The predicted octanol–water partition coefficient (Wildman–Crippen LogP) is 10.1. The van der Waals surface area contributed by atoms with Crippen LogP contribution in [0.5, 0.6) is 0 Å². The Bertz CT molecular complexity index is 1140. The van der Waals surface area contributed by atoms with E-state index in [4.69, 9.17) is 18.5 Å². The number of quaternary nitrogens is 1. The average Bonchev–Trinajstić information content (AvgIpc) is 3.13. The number of benzene rings is 1. The van der Waals surface area contributed by atoms with Gasteiger partial charge >= 0.3 is 0 Å². The Morgan fingerprint density at radius 1 is 0.837 bits per heavy atom. The molecule has 8 heteroatoms. The van der Waals surface area contributed by atoms with Crippen LogP contribution in [0.3, 0.4) is 0 Å². The zero-order valence-corrected chi connectivity index (χ0v) is 31.9. The van der Waals surface area contributed by atoms with Crippen molar-refractivity contribution < 1.29 is 32.5 Å². The van der Waals surface area contributed by atoms with E-state index in [1.165, 1.54) is 122 Å². The van der Waals surface area contributed by atoms with Crippen LogP contribution in [-0.4, -0.2) is 56.6 Å². The van der Waals surface area contributed by atoms with Crippen LogP contribution >= 0.6 is 7.82 Å². The summed E-state index contributed by atoms with van der Waals surface area (Å²) in [5.74, 6) is 0.896. The van der Waals surface area contributed by atoms with Gasteiger partial charge in [-0.3, -0.25) is 9.05 Å². The van der Waals surface area contributed by atoms with Gasteiger partial charge in [0.05, 0.1) is 46.1 Å². The van der Waals surface area contributed by atoms with Crippen molar-refractivity contribution in [1.82, 2.24) is 0 Å². The van der Waals surface area contributed by atoms with E-state index in [1.54, 1.807) is 0 Å². The average molecular weight is 702 g/mol. The molecule has 2 bridgehead atoms. The zero-order chi connectivity index (χ0) is 34.7. The fourth-order valence-electron chi connectivity index (χ4n) is 7.82. The van der Waals surface area contributed by atoms with Gasteiger partial charge in [0.1, 0.15) is 11.8 Å². The Kier molecular flexibility index (Phi) is 18.1. The van der Waals surface area contributed by atoms with E-state index >= 15 is 0 Å². The summed E-state index contributed by atoms with van der Waals surface area (Å²) in [5.41, 5.74) is 2.04. The minimum absolute atomic E-state index is 0.0649. The number of nitrogens with zero attached hydrogens (tertiary/aromatic N) is 1. The number of unbranched alkanes of at least 4 members (excludes halogenated alkanes) is 13. The fourth-order valence-corrected chi connectivity index (χ4v) is 8.70. The quantitative estimate of drug-likeness (QED) is 0.0516. The summed E-state index contributed by atoms with van der Waals surface area (Å²) in [6.45, 7) is 9.18. The van der Waals surface area contributed by atoms with E-state index in [0.717, 1.165) is 35.2 Å². The van der Waals surface area contributed by atoms with Crippen LogP contribution in [0.2, 0.25) is 0 Å². The first kappa shape index (κ1) is 40.5. The molecule has 0 radical (unpaired) electrons. The lowest BCUT2D eigenvalue weighted by atomic mass is 9.79. The molecule has 5 rings (SSSR count). The van der Waals surface area contributed by atoms with Crippen molar-refractivity contribution in [3.8, 4) is 0 Å². The first-order chi connectivity index (χ1) is 23.8. The van der Waals surface area contributed by atoms with Gasteiger partial charge in [-0.25, -0.2) is 0 Å². The third kappa shape index (κ3) is 15.1. The van der Waals surface area contributed by atoms with E-state index in [9.17, 15) is 9.46 Å². The number of piperidine rings is 3. The maximum Gasteiger partial charge on any atom is 0.267 e. The van der Waals surface area contributed by atoms with Crippen LogP contribution in [0.4, 0.5) is 0 Å². The number of allylic oxidation sites excluding steroid dienone is 3. The molecule has 278 valence electrons. The van der Waals surface area contributed by atoms with Gasteiger partial charge in [-0.1, -0.05) is 140 Å². The molecule has 1 aromatic carbocycles. The lowest BCUT2D eigenvalue weighted by Crippen LogP contribution is -2.58. The van der Waals surface area contributed by atoms with E-state index in [-0.39, 0.29) is 19.8 Å². The summed E-state index contributed by atoms with van der Waals surface area (Å²) < 4.78 is 37.0. The van der Waals surface area contributed by atoms with Crippen molar-refractivity contribution in [3.05, 3.63) is 59.8 Å². The lowest BCUT2D eigenvalue weighted by molar-refractivity contribution is -0.909. The standard InChI is InChI=1S/C41H68NO6P/c1-3-4-5-6-7-8-9-10-11-12-13-14-15-19-31-45-34-40(46-33-38-21-17-16-18-22-38)35-47-49(43,44)48-36-41(2)27-20-23-39(32-41)42-28-24-37(25-29-42)26-30-42/h16-18,20-23,27,37,40H,3-15,19,24-26,28-36H2,1-2H3. The Balaban J connectivity index is 1.11. The third-order valence-corrected chi connectivity index (χ3v) is 12.0. The van der Waals surface area contributed by atoms with Gasteiger partial charge in [-0.05, 0) is 24.0 Å². The lowest BCUT2D eigenvalue weighted by Gasteiger charge is -2.51. The zero-order valence-electron chi connectivity index (χ0n) is 31.0. The first-order valence-corrected chi connectivity index (χ1v) is 21.4. The van der Waals surface area contributed by atoms with E-state index in [1.807, 2.05) is 30.3 Å². The molecule has 3 aliphatic heterocycles. The van der Waals surface area contributed by atoms with Crippen LogP contribution in [0, 0.1) is 11.3 Å². The Morgan fingerprint density at radius 3 is 2.04 bits per heavy atom. The molecular formula is C41H68NO6P. The Hall–Kier alpha value is -1.31. The summed E-state index contributed by atoms with van der Waals surface area (Å²) in [6, 6.07) is 9.89. The molecule has 3 unspecified atom stereocenters. The van der Waals surface area contributed by atoms with Crippen molar-refractivity contribution in [2.24, 2.45) is 11.3 Å². The molecule has 7 nitrogen and oxygen atoms in total. The molecule has 0 saturated carbocycles. The van der Waals surface area contributed by atoms with Gasteiger partial charge < -0.3 is 23.4 Å². The number of hydrogen-bond acceptors (Lipinski definition) is 6. The molecule has 3 fully saturated rings. The summed E-state index contributed by atoms with van der Waals surface area (Å²) in [7, 11) is -4.54. The third-order valence-electron chi connectivity index (χ3n) is 11.1. The van der Waals surface area contributed by atoms with E-state index in [0.29, 0.717) is 13.2 Å². The van der Waals surface area contributed by atoms with Crippen molar-refractivity contribution in [2.75, 3.05) is 46.1 Å². The van der Waals surface area contributed by atoms with Gasteiger partial charge in [0.2, 0.25) is 0 Å². The van der Waals surface area contributed by atoms with Crippen LogP contribution in [-0.2, 0) is 29.7 Å². The molecule has 0 spiro atoms. The first-order valence-electron chi connectivity index (χ1n) is 19.9. The Labute approximate surface area is 299 Å². The van der Waals surface area contributed by atoms with Gasteiger partial charge in [0, 0.05) is 37.7 Å². The van der Waals surface area contributed by atoms with Gasteiger partial charge in [0.25, 0.3) is 7.82 Å². The molecule has 0 amide bonds. The van der Waals surface area contributed by atoms with E-state index < -0.39 is 19.3 Å². The molecule has 4 aliphatic rings. The maximum atomic E-state index is 13.0. The summed E-state index contributed by atoms with van der Waals surface area (Å²) in [4.78, 5) is 13.0. The largest absolute Gasteiger partial charge is 0.756 e.